The van der Waals surface area contributed by atoms with Crippen molar-refractivity contribution in [3.63, 3.8) is 0 Å². The predicted molar refractivity (Wildman–Crippen MR) is 101 cm³/mol. The lowest BCUT2D eigenvalue weighted by Crippen LogP contribution is -2.21. The maximum atomic E-state index is 11.5. The van der Waals surface area contributed by atoms with E-state index in [4.69, 9.17) is 9.47 Å². The molecule has 2 aromatic heterocycles. The van der Waals surface area contributed by atoms with E-state index in [9.17, 15) is 14.4 Å². The third kappa shape index (κ3) is 3.18. The van der Waals surface area contributed by atoms with Crippen LogP contribution in [0.2, 0.25) is 0 Å². The van der Waals surface area contributed by atoms with Crippen molar-refractivity contribution in [3.05, 3.63) is 24.7 Å². The molecule has 0 amide bonds. The van der Waals surface area contributed by atoms with E-state index in [-0.39, 0.29) is 6.04 Å². The maximum Gasteiger partial charge on any atom is 0.328 e. The highest BCUT2D eigenvalue weighted by Gasteiger charge is 2.34. The van der Waals surface area contributed by atoms with Gasteiger partial charge in [0.25, 0.3) is 0 Å². The van der Waals surface area contributed by atoms with Crippen molar-refractivity contribution in [1.82, 2.24) is 14.5 Å². The van der Waals surface area contributed by atoms with Crippen molar-refractivity contribution in [2.24, 2.45) is 0 Å². The van der Waals surface area contributed by atoms with Crippen molar-refractivity contribution in [3.8, 4) is 11.5 Å². The molecular formula is C18H22N3O5P. The standard InChI is InChI=1S/C18H22N3O5P/c1-25-16-7-13-14(8-17(16)26-2)19-9-15-18(13)21(10-20-15)11-3-5-12(6-4-11)27(22,23)24/h7-12H,3-6H2,1-2H3,(H2,22,23,24). The molecule has 8 nitrogen and oxygen atoms in total. The second-order valence-corrected chi connectivity index (χ2v) is 8.83. The van der Waals surface area contributed by atoms with Crippen molar-refractivity contribution in [2.75, 3.05) is 14.2 Å². The third-order valence-electron chi connectivity index (χ3n) is 5.44. The first-order valence-electron chi connectivity index (χ1n) is 8.85. The number of imidazole rings is 1. The Morgan fingerprint density at radius 2 is 1.70 bits per heavy atom. The van der Waals surface area contributed by atoms with Gasteiger partial charge in [-0.2, -0.15) is 0 Å². The van der Waals surface area contributed by atoms with Crippen molar-refractivity contribution in [1.29, 1.82) is 0 Å². The molecule has 0 spiro atoms. The molecule has 0 radical (unpaired) electrons. The van der Waals surface area contributed by atoms with Crippen LogP contribution in [0.3, 0.4) is 0 Å². The minimum Gasteiger partial charge on any atom is -0.493 e. The van der Waals surface area contributed by atoms with Crippen molar-refractivity contribution >= 4 is 29.5 Å². The fourth-order valence-electron chi connectivity index (χ4n) is 3.99. The molecular weight excluding hydrogens is 369 g/mol. The smallest absolute Gasteiger partial charge is 0.328 e. The van der Waals surface area contributed by atoms with Crippen LogP contribution in [-0.2, 0) is 4.57 Å². The monoisotopic (exact) mass is 391 g/mol. The lowest BCUT2D eigenvalue weighted by molar-refractivity contribution is 0.306. The zero-order chi connectivity index (χ0) is 19.2. The first-order valence-corrected chi connectivity index (χ1v) is 10.5. The Hall–Kier alpha value is -2.15. The van der Waals surface area contributed by atoms with Gasteiger partial charge in [-0.05, 0) is 31.7 Å². The first kappa shape index (κ1) is 18.2. The number of methoxy groups -OCH3 is 2. The molecule has 144 valence electrons. The summed E-state index contributed by atoms with van der Waals surface area (Å²) in [4.78, 5) is 27.8. The van der Waals surface area contributed by atoms with Gasteiger partial charge in [-0.1, -0.05) is 0 Å². The number of nitrogens with zero attached hydrogens (tertiary/aromatic N) is 3. The minimum absolute atomic E-state index is 0.150. The van der Waals surface area contributed by atoms with Gasteiger partial charge in [0.15, 0.2) is 11.5 Å². The average Bonchev–Trinajstić information content (AvgIpc) is 3.10. The van der Waals surface area contributed by atoms with Crippen LogP contribution >= 0.6 is 7.60 Å². The maximum absolute atomic E-state index is 11.5. The Balaban J connectivity index is 1.78. The summed E-state index contributed by atoms with van der Waals surface area (Å²) in [5, 5.41) is 0.916. The molecule has 0 atom stereocenters. The van der Waals surface area contributed by atoms with Gasteiger partial charge in [-0.3, -0.25) is 9.55 Å². The van der Waals surface area contributed by atoms with Gasteiger partial charge in [0.05, 0.1) is 43.4 Å². The number of rotatable bonds is 4. The number of hydrogen-bond donors (Lipinski definition) is 2. The topological polar surface area (TPSA) is 107 Å². The van der Waals surface area contributed by atoms with Crippen LogP contribution in [0.15, 0.2) is 24.7 Å². The molecule has 9 heteroatoms. The Morgan fingerprint density at radius 3 is 2.33 bits per heavy atom. The van der Waals surface area contributed by atoms with E-state index in [1.807, 2.05) is 12.1 Å². The van der Waals surface area contributed by atoms with E-state index in [0.29, 0.717) is 37.2 Å². The normalized spacial score (nSPS) is 20.9. The number of ether oxygens (including phenoxy) is 2. The van der Waals surface area contributed by atoms with E-state index in [1.165, 1.54) is 0 Å². The molecule has 1 aromatic carbocycles. The van der Waals surface area contributed by atoms with E-state index >= 15 is 0 Å². The van der Waals surface area contributed by atoms with E-state index in [0.717, 1.165) is 21.9 Å². The Bertz CT molecular complexity index is 1040. The molecule has 1 fully saturated rings. The van der Waals surface area contributed by atoms with E-state index < -0.39 is 13.3 Å². The van der Waals surface area contributed by atoms with Gasteiger partial charge in [-0.15, -0.1) is 0 Å². The van der Waals surface area contributed by atoms with Crippen molar-refractivity contribution in [2.45, 2.75) is 37.4 Å². The van der Waals surface area contributed by atoms with Crippen LogP contribution in [0, 0.1) is 0 Å². The van der Waals surface area contributed by atoms with Crippen LogP contribution in [0.25, 0.3) is 21.9 Å². The summed E-state index contributed by atoms with van der Waals surface area (Å²) in [5.41, 5.74) is 1.99. The Morgan fingerprint density at radius 1 is 1.04 bits per heavy atom. The summed E-state index contributed by atoms with van der Waals surface area (Å²) in [6, 6.07) is 3.90. The molecule has 3 aromatic rings. The average molecular weight is 391 g/mol. The van der Waals surface area contributed by atoms with Gasteiger partial charge in [-0.25, -0.2) is 4.98 Å². The van der Waals surface area contributed by atoms with Crippen molar-refractivity contribution < 1.29 is 23.8 Å². The molecule has 0 saturated heterocycles. The fraction of sp³-hybridized carbons (Fsp3) is 0.444. The fourth-order valence-corrected chi connectivity index (χ4v) is 4.96. The third-order valence-corrected chi connectivity index (χ3v) is 6.91. The second-order valence-electron chi connectivity index (χ2n) is 6.92. The quantitative estimate of drug-likeness (QED) is 0.658. The molecule has 0 aliphatic heterocycles. The zero-order valence-electron chi connectivity index (χ0n) is 15.2. The lowest BCUT2D eigenvalue weighted by atomic mass is 9.94. The van der Waals surface area contributed by atoms with Crippen LogP contribution in [0.1, 0.15) is 31.7 Å². The summed E-state index contributed by atoms with van der Waals surface area (Å²) in [6.45, 7) is 0. The van der Waals surface area contributed by atoms with Crippen LogP contribution in [0.4, 0.5) is 0 Å². The molecule has 1 aliphatic rings. The molecule has 1 saturated carbocycles. The summed E-state index contributed by atoms with van der Waals surface area (Å²) in [6.07, 6.45) is 5.96. The summed E-state index contributed by atoms with van der Waals surface area (Å²) in [5.74, 6) is 1.24. The Labute approximate surface area is 156 Å². The highest BCUT2D eigenvalue weighted by atomic mass is 31.2. The lowest BCUT2D eigenvalue weighted by Gasteiger charge is -2.30. The van der Waals surface area contributed by atoms with E-state index in [2.05, 4.69) is 14.5 Å². The van der Waals surface area contributed by atoms with Gasteiger partial charge in [0, 0.05) is 17.5 Å². The highest BCUT2D eigenvalue weighted by molar-refractivity contribution is 7.52. The minimum atomic E-state index is -4.02. The number of fused-ring (bicyclic) bond motifs is 3. The largest absolute Gasteiger partial charge is 0.493 e. The molecule has 27 heavy (non-hydrogen) atoms. The summed E-state index contributed by atoms with van der Waals surface area (Å²) < 4.78 is 24.5. The van der Waals surface area contributed by atoms with Crippen LogP contribution in [-0.4, -0.2) is 44.2 Å². The van der Waals surface area contributed by atoms with Gasteiger partial charge < -0.3 is 23.8 Å². The van der Waals surface area contributed by atoms with Crippen LogP contribution in [0.5, 0.6) is 11.5 Å². The summed E-state index contributed by atoms with van der Waals surface area (Å²) in [7, 11) is -0.833. The molecule has 4 rings (SSSR count). The number of aromatic nitrogens is 3. The molecule has 2 N–H and O–H groups in total. The van der Waals surface area contributed by atoms with Crippen LogP contribution < -0.4 is 9.47 Å². The van der Waals surface area contributed by atoms with E-state index in [1.54, 1.807) is 26.7 Å². The SMILES string of the molecule is COc1cc2ncc3ncn(C4CCC(P(=O)(O)O)CC4)c3c2cc1OC. The second kappa shape index (κ2) is 6.78. The Kier molecular flexibility index (Phi) is 4.58. The first-order chi connectivity index (χ1) is 12.9. The number of hydrogen-bond acceptors (Lipinski definition) is 5. The molecule has 1 aliphatic carbocycles. The van der Waals surface area contributed by atoms with Gasteiger partial charge >= 0.3 is 7.60 Å². The summed E-state index contributed by atoms with van der Waals surface area (Å²) >= 11 is 0. The predicted octanol–water partition coefficient (Wildman–Crippen LogP) is 3.26. The number of pyridine rings is 1. The molecule has 2 heterocycles. The highest BCUT2D eigenvalue weighted by Crippen LogP contribution is 2.50. The molecule has 0 bridgehead atoms. The zero-order valence-corrected chi connectivity index (χ0v) is 16.1. The van der Waals surface area contributed by atoms with Gasteiger partial charge in [0.1, 0.15) is 5.52 Å². The van der Waals surface area contributed by atoms with Gasteiger partial charge in [0.2, 0.25) is 0 Å². The number of benzene rings is 1. The molecule has 0 unspecified atom stereocenters.